The van der Waals surface area contributed by atoms with Crippen molar-refractivity contribution in [2.24, 2.45) is 4.99 Å². The number of aromatic hydroxyl groups is 1. The van der Waals surface area contributed by atoms with E-state index in [0.29, 0.717) is 11.3 Å². The molecule has 0 saturated carbocycles. The van der Waals surface area contributed by atoms with E-state index < -0.39 is 0 Å². The van der Waals surface area contributed by atoms with Crippen LogP contribution in [0, 0.1) is 0 Å². The molecule has 0 heterocycles. The number of aliphatic imine (C=N–C) groups is 1. The zero-order valence-corrected chi connectivity index (χ0v) is 9.91. The first-order chi connectivity index (χ1) is 7.10. The second-order valence-corrected chi connectivity index (χ2v) is 3.80. The lowest BCUT2D eigenvalue weighted by atomic mass is 10.1. The third kappa shape index (κ3) is 2.58. The van der Waals surface area contributed by atoms with Crippen LogP contribution in [0.25, 0.3) is 0 Å². The number of nitrogens with zero attached hydrogens (tertiary/aromatic N) is 1. The molecule has 0 fully saturated rings. The van der Waals surface area contributed by atoms with Crippen molar-refractivity contribution in [1.29, 1.82) is 0 Å². The molecule has 0 spiro atoms. The van der Waals surface area contributed by atoms with Gasteiger partial charge in [-0.2, -0.15) is 4.99 Å². The zero-order chi connectivity index (χ0) is 11.4. The Bertz CT molecular complexity index is 413. The van der Waals surface area contributed by atoms with Crippen molar-refractivity contribution in [3.63, 3.8) is 0 Å². The molecule has 1 aromatic carbocycles. The first-order valence-electron chi connectivity index (χ1n) is 4.23. The summed E-state index contributed by atoms with van der Waals surface area (Å²) in [6.45, 7) is 1.73. The van der Waals surface area contributed by atoms with E-state index in [1.165, 1.54) is 19.3 Å². The van der Waals surface area contributed by atoms with Gasteiger partial charge in [-0.3, -0.25) is 0 Å². The van der Waals surface area contributed by atoms with Crippen molar-refractivity contribution in [2.75, 3.05) is 7.11 Å². The van der Waals surface area contributed by atoms with Gasteiger partial charge in [-0.25, -0.2) is 4.79 Å². The second kappa shape index (κ2) is 4.96. The van der Waals surface area contributed by atoms with Gasteiger partial charge in [0, 0.05) is 4.47 Å². The van der Waals surface area contributed by atoms with Gasteiger partial charge in [0.1, 0.15) is 0 Å². The average Bonchev–Trinajstić information content (AvgIpc) is 2.21. The highest BCUT2D eigenvalue weighted by Crippen LogP contribution is 2.36. The summed E-state index contributed by atoms with van der Waals surface area (Å²) in [6, 6.07) is 2.78. The highest BCUT2D eigenvalue weighted by molar-refractivity contribution is 9.10. The third-order valence-corrected chi connectivity index (χ3v) is 2.68. The molecule has 0 aromatic heterocycles. The molecule has 0 radical (unpaired) electrons. The molecule has 5 heteroatoms. The molecule has 0 aliphatic heterocycles. The molecule has 1 atom stereocenters. The van der Waals surface area contributed by atoms with Crippen LogP contribution in [0.2, 0.25) is 0 Å². The fourth-order valence-corrected chi connectivity index (χ4v) is 1.85. The van der Waals surface area contributed by atoms with Crippen LogP contribution >= 0.6 is 15.9 Å². The number of isocyanates is 1. The summed E-state index contributed by atoms with van der Waals surface area (Å²) in [4.78, 5) is 13.7. The normalized spacial score (nSPS) is 11.7. The van der Waals surface area contributed by atoms with Gasteiger partial charge >= 0.3 is 0 Å². The van der Waals surface area contributed by atoms with E-state index in [0.717, 1.165) is 4.47 Å². The number of phenols is 1. The Balaban J connectivity index is 3.20. The number of ether oxygens (including phenoxy) is 1. The molecule has 0 amide bonds. The monoisotopic (exact) mass is 271 g/mol. The number of carbonyl (C=O) groups excluding carboxylic acids is 1. The summed E-state index contributed by atoms with van der Waals surface area (Å²) in [5.74, 6) is 0.386. The minimum Gasteiger partial charge on any atom is -0.504 e. The van der Waals surface area contributed by atoms with Crippen molar-refractivity contribution in [3.8, 4) is 11.5 Å². The summed E-state index contributed by atoms with van der Waals surface area (Å²) in [5, 5.41) is 9.55. The number of phenolic OH excluding ortho intramolecular Hbond substituents is 1. The van der Waals surface area contributed by atoms with Crippen molar-refractivity contribution in [3.05, 3.63) is 22.2 Å². The first kappa shape index (κ1) is 11.8. The van der Waals surface area contributed by atoms with Crippen LogP contribution in [0.1, 0.15) is 18.5 Å². The van der Waals surface area contributed by atoms with Gasteiger partial charge in [0.25, 0.3) is 0 Å². The maximum Gasteiger partial charge on any atom is 0.235 e. The smallest absolute Gasteiger partial charge is 0.235 e. The molecule has 0 aliphatic rings. The second-order valence-electron chi connectivity index (χ2n) is 2.94. The fourth-order valence-electron chi connectivity index (χ4n) is 1.19. The number of hydrogen-bond acceptors (Lipinski definition) is 4. The number of halogens is 1. The minimum absolute atomic E-state index is 0.0173. The average molecular weight is 272 g/mol. The molecule has 80 valence electrons. The van der Waals surface area contributed by atoms with Crippen molar-refractivity contribution in [1.82, 2.24) is 0 Å². The summed E-state index contributed by atoms with van der Waals surface area (Å²) in [7, 11) is 1.47. The van der Waals surface area contributed by atoms with Gasteiger partial charge in [-0.15, -0.1) is 0 Å². The Kier molecular flexibility index (Phi) is 3.88. The Hall–Kier alpha value is -1.32. The predicted octanol–water partition coefficient (Wildman–Crippen LogP) is 2.56. The van der Waals surface area contributed by atoms with E-state index in [2.05, 4.69) is 20.9 Å². The Morgan fingerprint density at radius 2 is 2.27 bits per heavy atom. The van der Waals surface area contributed by atoms with Crippen LogP contribution in [0.4, 0.5) is 0 Å². The summed E-state index contributed by atoms with van der Waals surface area (Å²) >= 11 is 3.31. The molecule has 1 rings (SSSR count). The van der Waals surface area contributed by atoms with E-state index in [4.69, 9.17) is 4.74 Å². The lowest BCUT2D eigenvalue weighted by Crippen LogP contribution is -1.93. The number of rotatable bonds is 3. The number of methoxy groups -OCH3 is 1. The zero-order valence-electron chi connectivity index (χ0n) is 8.32. The summed E-state index contributed by atoms with van der Waals surface area (Å²) in [5.41, 5.74) is 0.705. The Labute approximate surface area is 95.7 Å². The summed E-state index contributed by atoms with van der Waals surface area (Å²) < 4.78 is 5.66. The predicted molar refractivity (Wildman–Crippen MR) is 58.9 cm³/mol. The standard InChI is InChI=1S/C10H10BrNO3/c1-6(12-5-13)7-3-9(14)10(15-2)4-8(7)11/h3-4,6,14H,1-2H3. The van der Waals surface area contributed by atoms with Crippen molar-refractivity contribution < 1.29 is 14.6 Å². The molecular formula is C10H10BrNO3. The minimum atomic E-state index is -0.353. The molecular weight excluding hydrogens is 262 g/mol. The largest absolute Gasteiger partial charge is 0.504 e. The van der Waals surface area contributed by atoms with Crippen LogP contribution in [0.5, 0.6) is 11.5 Å². The maximum atomic E-state index is 10.1. The first-order valence-corrected chi connectivity index (χ1v) is 5.02. The van der Waals surface area contributed by atoms with E-state index in [9.17, 15) is 9.90 Å². The van der Waals surface area contributed by atoms with Gasteiger partial charge in [-0.1, -0.05) is 15.9 Å². The summed E-state index contributed by atoms with van der Waals surface area (Å²) in [6.07, 6.45) is 1.48. The topological polar surface area (TPSA) is 58.9 Å². The lowest BCUT2D eigenvalue weighted by Gasteiger charge is -2.10. The highest BCUT2D eigenvalue weighted by Gasteiger charge is 2.12. The van der Waals surface area contributed by atoms with Gasteiger partial charge in [0.2, 0.25) is 6.08 Å². The van der Waals surface area contributed by atoms with Gasteiger partial charge in [0.15, 0.2) is 11.5 Å². The molecule has 1 unspecified atom stereocenters. The molecule has 0 bridgehead atoms. The molecule has 0 aliphatic carbocycles. The van der Waals surface area contributed by atoms with Crippen LogP contribution < -0.4 is 4.74 Å². The molecule has 15 heavy (non-hydrogen) atoms. The van der Waals surface area contributed by atoms with Crippen molar-refractivity contribution >= 4 is 22.0 Å². The van der Waals surface area contributed by atoms with Gasteiger partial charge < -0.3 is 9.84 Å². The highest BCUT2D eigenvalue weighted by atomic mass is 79.9. The van der Waals surface area contributed by atoms with Crippen LogP contribution in [-0.2, 0) is 4.79 Å². The maximum absolute atomic E-state index is 10.1. The number of hydrogen-bond donors (Lipinski definition) is 1. The van der Waals surface area contributed by atoms with Crippen molar-refractivity contribution in [2.45, 2.75) is 13.0 Å². The van der Waals surface area contributed by atoms with Crippen LogP contribution in [0.15, 0.2) is 21.6 Å². The molecule has 0 saturated heterocycles. The molecule has 1 N–H and O–H groups in total. The molecule has 4 nitrogen and oxygen atoms in total. The van der Waals surface area contributed by atoms with E-state index >= 15 is 0 Å². The quantitative estimate of drug-likeness (QED) is 0.679. The SMILES string of the molecule is COc1cc(Br)c(C(C)N=C=O)cc1O. The third-order valence-electron chi connectivity index (χ3n) is 1.99. The van der Waals surface area contributed by atoms with Crippen LogP contribution in [-0.4, -0.2) is 18.3 Å². The van der Waals surface area contributed by atoms with Crippen LogP contribution in [0.3, 0.4) is 0 Å². The van der Waals surface area contributed by atoms with E-state index in [1.54, 1.807) is 13.0 Å². The fraction of sp³-hybridized carbons (Fsp3) is 0.300. The molecule has 1 aromatic rings. The lowest BCUT2D eigenvalue weighted by molar-refractivity contribution is 0.372. The van der Waals surface area contributed by atoms with Gasteiger partial charge in [0.05, 0.1) is 13.2 Å². The van der Waals surface area contributed by atoms with Gasteiger partial charge in [-0.05, 0) is 24.6 Å². The Morgan fingerprint density at radius 1 is 1.60 bits per heavy atom. The van der Waals surface area contributed by atoms with E-state index in [-0.39, 0.29) is 11.8 Å². The Morgan fingerprint density at radius 3 is 2.80 bits per heavy atom. The number of benzene rings is 1. The van der Waals surface area contributed by atoms with E-state index in [1.807, 2.05) is 0 Å².